The molecule has 0 aromatic heterocycles. The molecule has 0 spiro atoms. The van der Waals surface area contributed by atoms with Gasteiger partial charge in [0.15, 0.2) is 0 Å². The Balaban J connectivity index is 2.44. The molecular formula is C24H35NO2Si. The molecule has 0 bridgehead atoms. The molecule has 28 heavy (non-hydrogen) atoms. The fourth-order valence-electron chi connectivity index (χ4n) is 4.27. The van der Waals surface area contributed by atoms with E-state index in [9.17, 15) is 4.79 Å². The summed E-state index contributed by atoms with van der Waals surface area (Å²) in [5.41, 5.74) is 1.59. The van der Waals surface area contributed by atoms with E-state index in [1.807, 2.05) is 0 Å². The second kappa shape index (κ2) is 10.6. The molecule has 152 valence electrons. The summed E-state index contributed by atoms with van der Waals surface area (Å²) in [6, 6.07) is 21.1. The number of carbonyl (C=O) groups excluding carboxylic acids is 1. The third-order valence-corrected chi connectivity index (χ3v) is 10.3. The van der Waals surface area contributed by atoms with Gasteiger partial charge in [-0.3, -0.25) is 9.69 Å². The third kappa shape index (κ3) is 5.33. The molecule has 0 radical (unpaired) electrons. The van der Waals surface area contributed by atoms with Crippen molar-refractivity contribution in [2.24, 2.45) is 0 Å². The largest absolute Gasteiger partial charge is 0.468 e. The molecule has 0 heterocycles. The van der Waals surface area contributed by atoms with Crippen molar-refractivity contribution in [3.63, 3.8) is 0 Å². The van der Waals surface area contributed by atoms with Gasteiger partial charge in [0.05, 0.1) is 15.2 Å². The summed E-state index contributed by atoms with van der Waals surface area (Å²) in [6.45, 7) is 10.7. The first-order valence-electron chi connectivity index (χ1n) is 10.4. The maximum Gasteiger partial charge on any atom is 0.323 e. The lowest BCUT2D eigenvalue weighted by molar-refractivity contribution is -0.147. The van der Waals surface area contributed by atoms with Crippen molar-refractivity contribution in [1.82, 2.24) is 4.90 Å². The Labute approximate surface area is 171 Å². The number of ether oxygens (including phenoxy) is 1. The summed E-state index contributed by atoms with van der Waals surface area (Å²) in [5, 5.41) is 1.40. The first kappa shape index (κ1) is 22.4. The monoisotopic (exact) mass is 397 g/mol. The second-order valence-electron chi connectivity index (χ2n) is 7.91. The minimum Gasteiger partial charge on any atom is -0.468 e. The smallest absolute Gasteiger partial charge is 0.323 e. The van der Waals surface area contributed by atoms with Crippen LogP contribution in [0, 0.1) is 0 Å². The number of rotatable bonds is 10. The van der Waals surface area contributed by atoms with Crippen LogP contribution in [0.1, 0.15) is 25.8 Å². The van der Waals surface area contributed by atoms with Gasteiger partial charge >= 0.3 is 5.97 Å². The number of carbonyl (C=O) groups is 1. The number of nitrogens with zero attached hydrogens (tertiary/aromatic N) is 1. The van der Waals surface area contributed by atoms with Crippen LogP contribution in [0.5, 0.6) is 0 Å². The Morgan fingerprint density at radius 3 is 2.00 bits per heavy atom. The van der Waals surface area contributed by atoms with Gasteiger partial charge in [0.1, 0.15) is 6.04 Å². The highest BCUT2D eigenvalue weighted by Gasteiger charge is 2.44. The summed E-state index contributed by atoms with van der Waals surface area (Å²) in [5.74, 6) is -0.0988. The standard InChI is InChI=1S/C24H35NO2Si/c1-6-25(7-2)23(24(26)27-3)22(19-18-20-14-10-8-11-15-20)28(4,5)21-16-12-9-13-17-21/h8-17,22-23H,6-7,18-19H2,1-5H3/t22-,23-/m0/s1. The zero-order chi connectivity index (χ0) is 20.6. The van der Waals surface area contributed by atoms with Crippen LogP contribution in [0.15, 0.2) is 60.7 Å². The van der Waals surface area contributed by atoms with Crippen molar-refractivity contribution in [2.75, 3.05) is 20.2 Å². The van der Waals surface area contributed by atoms with E-state index in [1.54, 1.807) is 0 Å². The third-order valence-electron chi connectivity index (χ3n) is 6.06. The maximum absolute atomic E-state index is 13.0. The molecule has 0 saturated carbocycles. The van der Waals surface area contributed by atoms with Gasteiger partial charge in [-0.2, -0.15) is 0 Å². The lowest BCUT2D eigenvalue weighted by Gasteiger charge is -2.42. The Hall–Kier alpha value is -1.91. The number of hydrogen-bond donors (Lipinski definition) is 0. The van der Waals surface area contributed by atoms with Gasteiger partial charge in [0.25, 0.3) is 0 Å². The number of aryl methyl sites for hydroxylation is 1. The van der Waals surface area contributed by atoms with E-state index in [4.69, 9.17) is 4.74 Å². The van der Waals surface area contributed by atoms with Gasteiger partial charge in [-0.25, -0.2) is 0 Å². The zero-order valence-electron chi connectivity index (χ0n) is 18.0. The van der Waals surface area contributed by atoms with Crippen molar-refractivity contribution in [2.45, 2.75) is 51.4 Å². The summed E-state index contributed by atoms with van der Waals surface area (Å²) in [4.78, 5) is 15.2. The summed E-state index contributed by atoms with van der Waals surface area (Å²) >= 11 is 0. The lowest BCUT2D eigenvalue weighted by atomic mass is 10.0. The van der Waals surface area contributed by atoms with E-state index in [0.717, 1.165) is 25.9 Å². The first-order chi connectivity index (χ1) is 13.5. The first-order valence-corrected chi connectivity index (χ1v) is 13.4. The molecule has 0 aliphatic carbocycles. The highest BCUT2D eigenvalue weighted by molar-refractivity contribution is 6.91. The van der Waals surface area contributed by atoms with Crippen LogP contribution in [0.3, 0.4) is 0 Å². The molecule has 0 unspecified atom stereocenters. The van der Waals surface area contributed by atoms with Crippen molar-refractivity contribution >= 4 is 19.2 Å². The normalized spacial score (nSPS) is 13.9. The number of esters is 1. The topological polar surface area (TPSA) is 29.5 Å². The van der Waals surface area contributed by atoms with E-state index in [1.165, 1.54) is 17.9 Å². The number of methoxy groups -OCH3 is 1. The van der Waals surface area contributed by atoms with E-state index in [0.29, 0.717) is 0 Å². The van der Waals surface area contributed by atoms with Crippen LogP contribution in [-0.2, 0) is 16.0 Å². The van der Waals surface area contributed by atoms with Gasteiger partial charge in [0.2, 0.25) is 0 Å². The molecule has 2 aromatic carbocycles. The van der Waals surface area contributed by atoms with Gasteiger partial charge in [-0.1, -0.05) is 92.8 Å². The highest BCUT2D eigenvalue weighted by atomic mass is 28.3. The Morgan fingerprint density at radius 2 is 1.50 bits per heavy atom. The predicted molar refractivity (Wildman–Crippen MR) is 121 cm³/mol. The average Bonchev–Trinajstić information content (AvgIpc) is 2.74. The molecule has 2 rings (SSSR count). The van der Waals surface area contributed by atoms with Crippen LogP contribution in [-0.4, -0.2) is 45.2 Å². The maximum atomic E-state index is 13.0. The molecule has 0 aliphatic rings. The van der Waals surface area contributed by atoms with Crippen LogP contribution in [0.25, 0.3) is 0 Å². The fourth-order valence-corrected chi connectivity index (χ4v) is 7.75. The van der Waals surface area contributed by atoms with E-state index in [2.05, 4.69) is 92.5 Å². The number of likely N-dealkylation sites (N-methyl/N-ethyl adjacent to an activating group) is 1. The number of hydrogen-bond acceptors (Lipinski definition) is 3. The lowest BCUT2D eigenvalue weighted by Crippen LogP contribution is -2.57. The van der Waals surface area contributed by atoms with E-state index >= 15 is 0 Å². The minimum atomic E-state index is -1.94. The average molecular weight is 398 g/mol. The second-order valence-corrected chi connectivity index (χ2v) is 12.7. The minimum absolute atomic E-state index is 0.0988. The summed E-state index contributed by atoms with van der Waals surface area (Å²) in [7, 11) is -0.425. The highest BCUT2D eigenvalue weighted by Crippen LogP contribution is 2.34. The molecule has 0 fully saturated rings. The van der Waals surface area contributed by atoms with Gasteiger partial charge < -0.3 is 4.74 Å². The Kier molecular flexibility index (Phi) is 8.46. The van der Waals surface area contributed by atoms with Gasteiger partial charge in [0, 0.05) is 0 Å². The Bertz CT molecular complexity index is 714. The molecule has 0 amide bonds. The zero-order valence-corrected chi connectivity index (χ0v) is 19.0. The van der Waals surface area contributed by atoms with Crippen LogP contribution in [0.2, 0.25) is 18.6 Å². The quantitative estimate of drug-likeness (QED) is 0.437. The van der Waals surface area contributed by atoms with Crippen molar-refractivity contribution in [1.29, 1.82) is 0 Å². The molecule has 3 nitrogen and oxygen atoms in total. The van der Waals surface area contributed by atoms with Crippen LogP contribution < -0.4 is 5.19 Å². The molecule has 0 aliphatic heterocycles. The van der Waals surface area contributed by atoms with Gasteiger partial charge in [-0.15, -0.1) is 0 Å². The SMILES string of the molecule is CCN(CC)[C@H](C(=O)OC)[C@H](CCc1ccccc1)[Si](C)(C)c1ccccc1. The molecule has 2 aromatic rings. The van der Waals surface area contributed by atoms with Crippen molar-refractivity contribution < 1.29 is 9.53 Å². The molecular weight excluding hydrogens is 362 g/mol. The van der Waals surface area contributed by atoms with Crippen LogP contribution >= 0.6 is 0 Å². The molecule has 0 N–H and O–H groups in total. The fraction of sp³-hybridized carbons (Fsp3) is 0.458. The van der Waals surface area contributed by atoms with E-state index < -0.39 is 8.07 Å². The van der Waals surface area contributed by atoms with E-state index in [-0.39, 0.29) is 17.6 Å². The van der Waals surface area contributed by atoms with Gasteiger partial charge in [-0.05, 0) is 37.0 Å². The molecule has 2 atom stereocenters. The number of benzene rings is 2. The summed E-state index contributed by atoms with van der Waals surface area (Å²) < 4.78 is 5.30. The van der Waals surface area contributed by atoms with Crippen molar-refractivity contribution in [3.8, 4) is 0 Å². The summed E-state index contributed by atoms with van der Waals surface area (Å²) in [6.07, 6.45) is 1.96. The van der Waals surface area contributed by atoms with Crippen LogP contribution in [0.4, 0.5) is 0 Å². The van der Waals surface area contributed by atoms with Crippen molar-refractivity contribution in [3.05, 3.63) is 66.2 Å². The Morgan fingerprint density at radius 1 is 0.964 bits per heavy atom. The predicted octanol–water partition coefficient (Wildman–Crippen LogP) is 4.49. The molecule has 0 saturated heterocycles. The molecule has 4 heteroatoms.